The Morgan fingerprint density at radius 3 is 2.76 bits per heavy atom. The summed E-state index contributed by atoms with van der Waals surface area (Å²) < 4.78 is 11.1. The molecule has 1 fully saturated rings. The van der Waals surface area contributed by atoms with Crippen molar-refractivity contribution < 1.29 is 14.1 Å². The number of benzene rings is 2. The molecule has 1 atom stereocenters. The Morgan fingerprint density at radius 1 is 1.24 bits per heavy atom. The second kappa shape index (κ2) is 8.25. The Balaban J connectivity index is 1.42. The molecular weight excluding hydrogens is 390 g/mol. The molecule has 29 heavy (non-hydrogen) atoms. The van der Waals surface area contributed by atoms with Crippen LogP contribution in [0.2, 0.25) is 5.02 Å². The third-order valence-corrected chi connectivity index (χ3v) is 5.00. The molecule has 1 saturated heterocycles. The number of ether oxygens (including phenoxy) is 1. The van der Waals surface area contributed by atoms with E-state index in [2.05, 4.69) is 10.1 Å². The lowest BCUT2D eigenvalue weighted by molar-refractivity contribution is -0.128. The smallest absolute Gasteiger partial charge is 0.257 e. The van der Waals surface area contributed by atoms with Gasteiger partial charge in [-0.2, -0.15) is 4.98 Å². The number of carbonyl (C=O) groups is 1. The predicted octanol–water partition coefficient (Wildman–Crippen LogP) is 4.69. The van der Waals surface area contributed by atoms with Gasteiger partial charge in [-0.25, -0.2) is 0 Å². The van der Waals surface area contributed by atoms with Crippen molar-refractivity contribution in [1.29, 1.82) is 0 Å². The third-order valence-electron chi connectivity index (χ3n) is 4.76. The molecule has 0 N–H and O–H groups in total. The molecule has 2 heterocycles. The fraction of sp³-hybridized carbons (Fsp3) is 0.318. The van der Waals surface area contributed by atoms with Crippen LogP contribution >= 0.6 is 11.6 Å². The summed E-state index contributed by atoms with van der Waals surface area (Å²) in [6.45, 7) is 5.10. The Morgan fingerprint density at radius 2 is 2.03 bits per heavy atom. The van der Waals surface area contributed by atoms with E-state index in [9.17, 15) is 4.79 Å². The summed E-state index contributed by atoms with van der Waals surface area (Å²) in [4.78, 5) is 18.8. The summed E-state index contributed by atoms with van der Waals surface area (Å²) in [5, 5.41) is 4.70. The zero-order chi connectivity index (χ0) is 20.4. The molecule has 0 saturated carbocycles. The monoisotopic (exact) mass is 411 g/mol. The quantitative estimate of drug-likeness (QED) is 0.588. The van der Waals surface area contributed by atoms with Crippen molar-refractivity contribution in [1.82, 2.24) is 15.0 Å². The first-order valence-corrected chi connectivity index (χ1v) is 9.98. The van der Waals surface area contributed by atoms with Gasteiger partial charge in [-0.1, -0.05) is 35.0 Å². The minimum atomic E-state index is -0.0808. The minimum absolute atomic E-state index is 0.0808. The summed E-state index contributed by atoms with van der Waals surface area (Å²) >= 11 is 6.03. The average molecular weight is 412 g/mol. The van der Waals surface area contributed by atoms with Gasteiger partial charge in [0.05, 0.1) is 6.10 Å². The number of hydrogen-bond donors (Lipinski definition) is 0. The molecule has 1 amide bonds. The molecule has 0 aliphatic carbocycles. The summed E-state index contributed by atoms with van der Waals surface area (Å²) in [6, 6.07) is 15.1. The average Bonchev–Trinajstić information content (AvgIpc) is 3.30. The van der Waals surface area contributed by atoms with Gasteiger partial charge in [0.25, 0.3) is 5.89 Å². The number of nitrogens with zero attached hydrogens (tertiary/aromatic N) is 3. The highest BCUT2D eigenvalue weighted by Crippen LogP contribution is 2.30. The first-order valence-electron chi connectivity index (χ1n) is 9.61. The minimum Gasteiger partial charge on any atom is -0.491 e. The highest BCUT2D eigenvalue weighted by atomic mass is 35.5. The van der Waals surface area contributed by atoms with Crippen LogP contribution in [-0.2, 0) is 11.3 Å². The number of hydrogen-bond acceptors (Lipinski definition) is 5. The van der Waals surface area contributed by atoms with Crippen LogP contribution in [0.3, 0.4) is 0 Å². The van der Waals surface area contributed by atoms with E-state index in [-0.39, 0.29) is 17.9 Å². The van der Waals surface area contributed by atoms with E-state index < -0.39 is 0 Å². The van der Waals surface area contributed by atoms with E-state index in [1.807, 2.05) is 55.1 Å². The molecule has 1 aromatic heterocycles. The van der Waals surface area contributed by atoms with Crippen molar-refractivity contribution in [2.45, 2.75) is 38.8 Å². The van der Waals surface area contributed by atoms with E-state index in [4.69, 9.17) is 20.9 Å². The zero-order valence-electron chi connectivity index (χ0n) is 16.3. The summed E-state index contributed by atoms with van der Waals surface area (Å²) in [7, 11) is 0. The van der Waals surface area contributed by atoms with Gasteiger partial charge in [0.15, 0.2) is 5.82 Å². The van der Waals surface area contributed by atoms with Gasteiger partial charge in [-0.05, 0) is 49.7 Å². The van der Waals surface area contributed by atoms with E-state index in [1.54, 1.807) is 12.1 Å². The largest absolute Gasteiger partial charge is 0.491 e. The molecule has 4 rings (SSSR count). The van der Waals surface area contributed by atoms with E-state index >= 15 is 0 Å². The van der Waals surface area contributed by atoms with Gasteiger partial charge in [0.2, 0.25) is 5.91 Å². The molecule has 1 aliphatic rings. The van der Waals surface area contributed by atoms with Crippen LogP contribution in [0.25, 0.3) is 11.5 Å². The zero-order valence-corrected chi connectivity index (χ0v) is 17.1. The topological polar surface area (TPSA) is 68.5 Å². The number of halogens is 1. The van der Waals surface area contributed by atoms with Crippen molar-refractivity contribution in [2.24, 2.45) is 0 Å². The summed E-state index contributed by atoms with van der Waals surface area (Å²) in [6.07, 6.45) is 0.511. The van der Waals surface area contributed by atoms with E-state index in [1.165, 1.54) is 0 Å². The van der Waals surface area contributed by atoms with E-state index in [0.29, 0.717) is 36.2 Å². The van der Waals surface area contributed by atoms with Crippen LogP contribution in [0.4, 0.5) is 0 Å². The Kier molecular flexibility index (Phi) is 5.53. The number of likely N-dealkylation sites (tertiary alicyclic amines) is 1. The molecule has 7 heteroatoms. The molecule has 2 aromatic carbocycles. The van der Waals surface area contributed by atoms with Crippen LogP contribution in [-0.4, -0.2) is 33.6 Å². The number of amides is 1. The molecule has 6 nitrogen and oxygen atoms in total. The molecule has 1 aliphatic heterocycles. The van der Waals surface area contributed by atoms with Gasteiger partial charge in [0, 0.05) is 36.0 Å². The second-order valence-corrected chi connectivity index (χ2v) is 7.89. The molecule has 0 bridgehead atoms. The lowest BCUT2D eigenvalue weighted by Crippen LogP contribution is -2.24. The highest BCUT2D eigenvalue weighted by molar-refractivity contribution is 6.30. The van der Waals surface area contributed by atoms with Crippen LogP contribution < -0.4 is 4.74 Å². The fourth-order valence-corrected chi connectivity index (χ4v) is 3.59. The van der Waals surface area contributed by atoms with Gasteiger partial charge in [0.1, 0.15) is 5.75 Å². The Bertz CT molecular complexity index is 1000. The molecular formula is C22H22ClN3O3. The van der Waals surface area contributed by atoms with Crippen molar-refractivity contribution in [3.05, 3.63) is 64.9 Å². The van der Waals surface area contributed by atoms with Crippen LogP contribution in [0, 0.1) is 0 Å². The van der Waals surface area contributed by atoms with Gasteiger partial charge in [-0.15, -0.1) is 0 Å². The first kappa shape index (κ1) is 19.5. The highest BCUT2D eigenvalue weighted by Gasteiger charge is 2.33. The number of carbonyl (C=O) groups excluding carboxylic acids is 1. The third kappa shape index (κ3) is 4.59. The second-order valence-electron chi connectivity index (χ2n) is 7.45. The van der Waals surface area contributed by atoms with Crippen LogP contribution in [0.1, 0.15) is 37.6 Å². The van der Waals surface area contributed by atoms with Gasteiger partial charge >= 0.3 is 0 Å². The standard InChI is InChI=1S/C22H22ClN3O3/c1-14(2)28-19-8-6-15(7-9-19)12-26-13-17(11-20(26)27)21-24-22(29-25-21)16-4-3-5-18(23)10-16/h3-10,14,17H,11-13H2,1-2H3. The normalized spacial score (nSPS) is 16.6. The fourth-order valence-electron chi connectivity index (χ4n) is 3.40. The molecule has 0 radical (unpaired) electrons. The maximum atomic E-state index is 12.5. The lowest BCUT2D eigenvalue weighted by atomic mass is 10.1. The number of aromatic nitrogens is 2. The van der Waals surface area contributed by atoms with Crippen molar-refractivity contribution in [3.63, 3.8) is 0 Å². The Labute approximate surface area is 174 Å². The lowest BCUT2D eigenvalue weighted by Gasteiger charge is -2.17. The number of rotatable bonds is 6. The molecule has 0 spiro atoms. The SMILES string of the molecule is CC(C)Oc1ccc(CN2CC(c3noc(-c4cccc(Cl)c4)n3)CC2=O)cc1. The Hall–Kier alpha value is -2.86. The van der Waals surface area contributed by atoms with Gasteiger partial charge in [-0.3, -0.25) is 4.79 Å². The molecule has 1 unspecified atom stereocenters. The maximum Gasteiger partial charge on any atom is 0.257 e. The van der Waals surface area contributed by atoms with E-state index in [0.717, 1.165) is 16.9 Å². The van der Waals surface area contributed by atoms with Gasteiger partial charge < -0.3 is 14.2 Å². The van der Waals surface area contributed by atoms with Crippen LogP contribution in [0.5, 0.6) is 5.75 Å². The summed E-state index contributed by atoms with van der Waals surface area (Å²) in [5.41, 5.74) is 1.82. The molecule has 3 aromatic rings. The van der Waals surface area contributed by atoms with Crippen molar-refractivity contribution in [3.8, 4) is 17.2 Å². The predicted molar refractivity (Wildman–Crippen MR) is 110 cm³/mol. The summed E-state index contributed by atoms with van der Waals surface area (Å²) in [5.74, 6) is 1.80. The van der Waals surface area contributed by atoms with Crippen molar-refractivity contribution in [2.75, 3.05) is 6.54 Å². The van der Waals surface area contributed by atoms with Crippen molar-refractivity contribution >= 4 is 17.5 Å². The molecule has 150 valence electrons. The first-order chi connectivity index (χ1) is 14.0. The maximum absolute atomic E-state index is 12.5. The van der Waals surface area contributed by atoms with Crippen LogP contribution in [0.15, 0.2) is 53.1 Å².